The van der Waals surface area contributed by atoms with Gasteiger partial charge in [-0.1, -0.05) is 25.1 Å². The van der Waals surface area contributed by atoms with Gasteiger partial charge in [-0.3, -0.25) is 4.79 Å². The zero-order chi connectivity index (χ0) is 21.1. The maximum Gasteiger partial charge on any atom is 0.407 e. The number of carbonyl (C=O) groups excluding carboxylic acids is 1. The number of H-pyrrole nitrogens is 1. The summed E-state index contributed by atoms with van der Waals surface area (Å²) in [7, 11) is 0. The Hall–Kier alpha value is -3.55. The SMILES string of the molecule is CCCN(C(=O)c1ccc(-c2cnn(-c3ccccc3)c2)[nH]1)C1CCN(C(=O)O)C1. The number of aromatic nitrogens is 3. The molecule has 2 N–H and O–H groups in total. The van der Waals surface area contributed by atoms with E-state index in [0.717, 1.165) is 23.4 Å². The Bertz CT molecular complexity index is 1030. The number of carbonyl (C=O) groups is 2. The molecule has 4 rings (SSSR count). The molecule has 1 fully saturated rings. The zero-order valence-electron chi connectivity index (χ0n) is 16.9. The first-order valence-corrected chi connectivity index (χ1v) is 10.1. The van der Waals surface area contributed by atoms with Crippen LogP contribution in [0.5, 0.6) is 0 Å². The number of aromatic amines is 1. The van der Waals surface area contributed by atoms with Gasteiger partial charge in [0.1, 0.15) is 5.69 Å². The normalized spacial score (nSPS) is 16.0. The van der Waals surface area contributed by atoms with E-state index in [1.165, 1.54) is 4.90 Å². The molecule has 1 aliphatic heterocycles. The van der Waals surface area contributed by atoms with Crippen molar-refractivity contribution in [2.45, 2.75) is 25.8 Å². The van der Waals surface area contributed by atoms with Crippen LogP contribution >= 0.6 is 0 Å². The van der Waals surface area contributed by atoms with E-state index in [1.807, 2.05) is 49.5 Å². The number of hydrogen-bond donors (Lipinski definition) is 2. The molecule has 1 unspecified atom stereocenters. The van der Waals surface area contributed by atoms with Crippen LogP contribution in [0.15, 0.2) is 54.9 Å². The number of carboxylic acid groups (broad SMARTS) is 1. The molecule has 3 heterocycles. The highest BCUT2D eigenvalue weighted by Gasteiger charge is 2.33. The Kier molecular flexibility index (Phi) is 5.56. The summed E-state index contributed by atoms with van der Waals surface area (Å²) in [5, 5.41) is 13.6. The number of nitrogens with zero attached hydrogens (tertiary/aromatic N) is 4. The van der Waals surface area contributed by atoms with Crippen molar-refractivity contribution in [1.82, 2.24) is 24.6 Å². The van der Waals surface area contributed by atoms with E-state index in [0.29, 0.717) is 31.7 Å². The minimum Gasteiger partial charge on any atom is -0.465 e. The smallest absolute Gasteiger partial charge is 0.407 e. The fraction of sp³-hybridized carbons (Fsp3) is 0.318. The van der Waals surface area contributed by atoms with Crippen LogP contribution in [0.4, 0.5) is 4.79 Å². The lowest BCUT2D eigenvalue weighted by atomic mass is 10.2. The van der Waals surface area contributed by atoms with Crippen LogP contribution in [-0.2, 0) is 0 Å². The summed E-state index contributed by atoms with van der Waals surface area (Å²) in [5.74, 6) is -0.101. The molecule has 1 aromatic carbocycles. The van der Waals surface area contributed by atoms with Crippen molar-refractivity contribution in [2.24, 2.45) is 0 Å². The quantitative estimate of drug-likeness (QED) is 0.654. The summed E-state index contributed by atoms with van der Waals surface area (Å²) in [5.41, 5.74) is 3.16. The predicted octanol–water partition coefficient (Wildman–Crippen LogP) is 3.47. The van der Waals surface area contributed by atoms with Crippen molar-refractivity contribution < 1.29 is 14.7 Å². The molecule has 1 atom stereocenters. The van der Waals surface area contributed by atoms with Crippen LogP contribution in [0.2, 0.25) is 0 Å². The van der Waals surface area contributed by atoms with Gasteiger partial charge in [0.25, 0.3) is 5.91 Å². The Morgan fingerprint density at radius 2 is 2.03 bits per heavy atom. The Labute approximate surface area is 174 Å². The molecule has 3 aromatic rings. The van der Waals surface area contributed by atoms with Gasteiger partial charge in [0, 0.05) is 37.1 Å². The summed E-state index contributed by atoms with van der Waals surface area (Å²) in [4.78, 5) is 30.8. The van der Waals surface area contributed by atoms with Crippen LogP contribution < -0.4 is 0 Å². The van der Waals surface area contributed by atoms with Crippen LogP contribution in [0.3, 0.4) is 0 Å². The molecule has 1 saturated heterocycles. The number of benzene rings is 1. The molecular formula is C22H25N5O3. The zero-order valence-corrected chi connectivity index (χ0v) is 16.9. The van der Waals surface area contributed by atoms with Gasteiger partial charge in [-0.05, 0) is 37.1 Å². The molecule has 1 aliphatic rings. The lowest BCUT2D eigenvalue weighted by Crippen LogP contribution is -2.43. The lowest BCUT2D eigenvalue weighted by molar-refractivity contribution is 0.0674. The topological polar surface area (TPSA) is 94.5 Å². The highest BCUT2D eigenvalue weighted by molar-refractivity contribution is 5.93. The average Bonchev–Trinajstić information content (AvgIpc) is 3.52. The standard InChI is InChI=1S/C22H25N5O3/c1-2-11-26(18-10-12-25(15-18)22(29)30)21(28)20-9-8-19(24-20)16-13-23-27(14-16)17-6-4-3-5-7-17/h3-9,13-14,18,24H,2,10-12,15H2,1H3,(H,29,30). The molecule has 2 aromatic heterocycles. The van der Waals surface area contributed by atoms with Crippen molar-refractivity contribution in [2.75, 3.05) is 19.6 Å². The van der Waals surface area contributed by atoms with E-state index >= 15 is 0 Å². The first kappa shape index (κ1) is 19.8. The predicted molar refractivity (Wildman–Crippen MR) is 113 cm³/mol. The van der Waals surface area contributed by atoms with E-state index in [1.54, 1.807) is 21.8 Å². The van der Waals surface area contributed by atoms with Crippen molar-refractivity contribution in [1.29, 1.82) is 0 Å². The molecule has 0 aliphatic carbocycles. The number of likely N-dealkylation sites (tertiary alicyclic amines) is 1. The second-order valence-electron chi connectivity index (χ2n) is 7.46. The number of para-hydroxylation sites is 1. The highest BCUT2D eigenvalue weighted by Crippen LogP contribution is 2.23. The van der Waals surface area contributed by atoms with Crippen LogP contribution in [0, 0.1) is 0 Å². The molecule has 30 heavy (non-hydrogen) atoms. The Morgan fingerprint density at radius 1 is 1.23 bits per heavy atom. The van der Waals surface area contributed by atoms with Gasteiger partial charge >= 0.3 is 6.09 Å². The summed E-state index contributed by atoms with van der Waals surface area (Å²) in [6, 6.07) is 13.4. The second-order valence-corrected chi connectivity index (χ2v) is 7.46. The van der Waals surface area contributed by atoms with Gasteiger partial charge in [0.05, 0.1) is 17.9 Å². The van der Waals surface area contributed by atoms with Gasteiger partial charge in [0.2, 0.25) is 0 Å². The molecule has 2 amide bonds. The molecule has 0 bridgehead atoms. The van der Waals surface area contributed by atoms with Crippen molar-refractivity contribution >= 4 is 12.0 Å². The summed E-state index contributed by atoms with van der Waals surface area (Å²) >= 11 is 0. The second kappa shape index (κ2) is 8.44. The Morgan fingerprint density at radius 3 is 2.73 bits per heavy atom. The van der Waals surface area contributed by atoms with Crippen molar-refractivity contribution in [3.8, 4) is 16.9 Å². The van der Waals surface area contributed by atoms with E-state index in [4.69, 9.17) is 0 Å². The molecule has 8 nitrogen and oxygen atoms in total. The maximum absolute atomic E-state index is 13.2. The third-order valence-corrected chi connectivity index (χ3v) is 5.43. The minimum absolute atomic E-state index is 0.0962. The van der Waals surface area contributed by atoms with Crippen LogP contribution in [0.1, 0.15) is 30.3 Å². The molecule has 0 spiro atoms. The minimum atomic E-state index is -0.931. The largest absolute Gasteiger partial charge is 0.465 e. The number of amides is 2. The van der Waals surface area contributed by atoms with Gasteiger partial charge in [0.15, 0.2) is 0 Å². The van der Waals surface area contributed by atoms with Gasteiger partial charge in [-0.2, -0.15) is 5.10 Å². The number of nitrogens with one attached hydrogen (secondary N) is 1. The van der Waals surface area contributed by atoms with E-state index < -0.39 is 6.09 Å². The highest BCUT2D eigenvalue weighted by atomic mass is 16.4. The fourth-order valence-electron chi connectivity index (χ4n) is 3.89. The summed E-state index contributed by atoms with van der Waals surface area (Å²) in [6.45, 7) is 3.43. The first-order chi connectivity index (χ1) is 14.6. The molecule has 156 valence electrons. The molecular weight excluding hydrogens is 382 g/mol. The number of hydrogen-bond acceptors (Lipinski definition) is 3. The lowest BCUT2D eigenvalue weighted by Gasteiger charge is -2.28. The number of rotatable bonds is 6. The van der Waals surface area contributed by atoms with Crippen molar-refractivity contribution in [3.05, 3.63) is 60.6 Å². The third-order valence-electron chi connectivity index (χ3n) is 5.43. The molecule has 0 saturated carbocycles. The van der Waals surface area contributed by atoms with E-state index in [9.17, 15) is 14.7 Å². The van der Waals surface area contributed by atoms with Crippen LogP contribution in [-0.4, -0.2) is 67.3 Å². The van der Waals surface area contributed by atoms with Gasteiger partial charge in [-0.15, -0.1) is 0 Å². The average molecular weight is 407 g/mol. The van der Waals surface area contributed by atoms with Gasteiger partial charge in [-0.25, -0.2) is 9.48 Å². The molecule has 0 radical (unpaired) electrons. The van der Waals surface area contributed by atoms with E-state index in [2.05, 4.69) is 10.1 Å². The third kappa shape index (κ3) is 3.94. The van der Waals surface area contributed by atoms with Gasteiger partial charge < -0.3 is 19.9 Å². The van der Waals surface area contributed by atoms with Crippen molar-refractivity contribution in [3.63, 3.8) is 0 Å². The monoisotopic (exact) mass is 407 g/mol. The maximum atomic E-state index is 13.2. The Balaban J connectivity index is 1.52. The van der Waals surface area contributed by atoms with Crippen LogP contribution in [0.25, 0.3) is 16.9 Å². The summed E-state index contributed by atoms with van der Waals surface area (Å²) < 4.78 is 1.79. The molecule has 8 heteroatoms. The first-order valence-electron chi connectivity index (χ1n) is 10.1. The van der Waals surface area contributed by atoms with E-state index in [-0.39, 0.29) is 11.9 Å². The summed E-state index contributed by atoms with van der Waals surface area (Å²) in [6.07, 6.45) is 4.22. The fourth-order valence-corrected chi connectivity index (χ4v) is 3.89.